The van der Waals surface area contributed by atoms with Crippen LogP contribution in [0.1, 0.15) is 44.5 Å². The summed E-state index contributed by atoms with van der Waals surface area (Å²) >= 11 is 0. The van der Waals surface area contributed by atoms with E-state index in [0.717, 1.165) is 66.8 Å². The molecule has 0 bridgehead atoms. The van der Waals surface area contributed by atoms with Crippen molar-refractivity contribution in [2.45, 2.75) is 52.5 Å². The third kappa shape index (κ3) is 6.00. The van der Waals surface area contributed by atoms with Crippen LogP contribution in [-0.2, 0) is 24.2 Å². The molecule has 0 radical (unpaired) electrons. The number of imidazole rings is 1. The van der Waals surface area contributed by atoms with Crippen molar-refractivity contribution in [3.63, 3.8) is 0 Å². The van der Waals surface area contributed by atoms with E-state index in [1.165, 1.54) is 0 Å². The van der Waals surface area contributed by atoms with Crippen LogP contribution < -0.4 is 10.1 Å². The number of hydrogen-bond acceptors (Lipinski definition) is 3. The van der Waals surface area contributed by atoms with Gasteiger partial charge in [0.05, 0.1) is 17.6 Å². The van der Waals surface area contributed by atoms with Gasteiger partial charge in [0.1, 0.15) is 18.2 Å². The first kappa shape index (κ1) is 23.6. The van der Waals surface area contributed by atoms with Gasteiger partial charge < -0.3 is 14.6 Å². The molecule has 0 aliphatic rings. The SMILES string of the molecule is C=CCc1ccccc1OCCn1c(CCCNC(=O)C(CC)CC)nc2ccccc21. The Hall–Kier alpha value is -3.08. The number of carbonyl (C=O) groups excluding carboxylic acids is 1. The summed E-state index contributed by atoms with van der Waals surface area (Å²) < 4.78 is 8.37. The zero-order chi connectivity index (χ0) is 22.8. The molecular weight excluding hydrogens is 398 g/mol. The van der Waals surface area contributed by atoms with Crippen LogP contribution in [0.25, 0.3) is 11.0 Å². The van der Waals surface area contributed by atoms with Gasteiger partial charge in [-0.15, -0.1) is 6.58 Å². The van der Waals surface area contributed by atoms with Crippen LogP contribution >= 0.6 is 0 Å². The van der Waals surface area contributed by atoms with Crippen molar-refractivity contribution in [3.8, 4) is 5.75 Å². The zero-order valence-electron chi connectivity index (χ0n) is 19.3. The highest BCUT2D eigenvalue weighted by Crippen LogP contribution is 2.20. The first-order valence-corrected chi connectivity index (χ1v) is 11.7. The van der Waals surface area contributed by atoms with Gasteiger partial charge in [0.25, 0.3) is 0 Å². The van der Waals surface area contributed by atoms with Gasteiger partial charge in [0, 0.05) is 18.9 Å². The van der Waals surface area contributed by atoms with Gasteiger partial charge in [0.2, 0.25) is 5.91 Å². The predicted molar refractivity (Wildman–Crippen MR) is 131 cm³/mol. The van der Waals surface area contributed by atoms with E-state index >= 15 is 0 Å². The predicted octanol–water partition coefficient (Wildman–Crippen LogP) is 5.33. The van der Waals surface area contributed by atoms with E-state index in [1.807, 2.05) is 42.5 Å². The minimum Gasteiger partial charge on any atom is -0.491 e. The molecule has 0 atom stereocenters. The number of ether oxygens (including phenoxy) is 1. The molecule has 1 N–H and O–H groups in total. The fourth-order valence-electron chi connectivity index (χ4n) is 4.04. The van der Waals surface area contributed by atoms with Gasteiger partial charge in [-0.3, -0.25) is 4.79 Å². The number of nitrogens with zero attached hydrogens (tertiary/aromatic N) is 2. The van der Waals surface area contributed by atoms with Crippen molar-refractivity contribution < 1.29 is 9.53 Å². The Bertz CT molecular complexity index is 1020. The second-order valence-corrected chi connectivity index (χ2v) is 8.03. The molecule has 0 saturated carbocycles. The molecule has 1 heterocycles. The van der Waals surface area contributed by atoms with Crippen molar-refractivity contribution in [2.24, 2.45) is 5.92 Å². The lowest BCUT2D eigenvalue weighted by Crippen LogP contribution is -2.31. The fourth-order valence-corrected chi connectivity index (χ4v) is 4.04. The smallest absolute Gasteiger partial charge is 0.223 e. The number of nitrogens with one attached hydrogen (secondary N) is 1. The molecule has 0 aliphatic heterocycles. The summed E-state index contributed by atoms with van der Waals surface area (Å²) in [6.45, 7) is 9.92. The minimum absolute atomic E-state index is 0.112. The Morgan fingerprint density at radius 1 is 1.16 bits per heavy atom. The quantitative estimate of drug-likeness (QED) is 0.293. The maximum atomic E-state index is 12.2. The molecule has 170 valence electrons. The number of amides is 1. The molecule has 5 nitrogen and oxygen atoms in total. The highest BCUT2D eigenvalue weighted by atomic mass is 16.5. The highest BCUT2D eigenvalue weighted by Gasteiger charge is 2.14. The summed E-state index contributed by atoms with van der Waals surface area (Å²) in [5.74, 6) is 2.21. The number of allylic oxidation sites excluding steroid dienone is 1. The number of benzene rings is 2. The van der Waals surface area contributed by atoms with Crippen LogP contribution in [0, 0.1) is 5.92 Å². The molecule has 3 aromatic rings. The molecular formula is C27H35N3O2. The van der Waals surface area contributed by atoms with Crippen molar-refractivity contribution in [1.82, 2.24) is 14.9 Å². The van der Waals surface area contributed by atoms with E-state index in [-0.39, 0.29) is 11.8 Å². The Kier molecular flexibility index (Phi) is 8.90. The van der Waals surface area contributed by atoms with Crippen molar-refractivity contribution in [3.05, 3.63) is 72.6 Å². The molecule has 0 spiro atoms. The molecule has 32 heavy (non-hydrogen) atoms. The van der Waals surface area contributed by atoms with Crippen LogP contribution in [-0.4, -0.2) is 28.6 Å². The first-order chi connectivity index (χ1) is 15.7. The van der Waals surface area contributed by atoms with E-state index in [9.17, 15) is 4.79 Å². The number of aryl methyl sites for hydroxylation is 1. The van der Waals surface area contributed by atoms with Crippen LogP contribution in [0.2, 0.25) is 0 Å². The standard InChI is InChI=1S/C27H35N3O2/c1-4-12-22-13-7-10-16-25(22)32-20-19-30-24-15-9-8-14-23(24)29-26(30)17-11-18-28-27(31)21(5-2)6-3/h4,7-10,13-16,21H,1,5-6,11-12,17-20H2,2-3H3,(H,28,31). The Morgan fingerprint density at radius 2 is 1.91 bits per heavy atom. The van der Waals surface area contributed by atoms with Crippen molar-refractivity contribution in [1.29, 1.82) is 0 Å². The van der Waals surface area contributed by atoms with E-state index in [4.69, 9.17) is 9.72 Å². The maximum Gasteiger partial charge on any atom is 0.223 e. The summed E-state index contributed by atoms with van der Waals surface area (Å²) in [6.07, 6.45) is 6.12. The van der Waals surface area contributed by atoms with Crippen LogP contribution in [0.4, 0.5) is 0 Å². The molecule has 1 aromatic heterocycles. The van der Waals surface area contributed by atoms with Crippen molar-refractivity contribution in [2.75, 3.05) is 13.2 Å². The Balaban J connectivity index is 1.63. The second-order valence-electron chi connectivity index (χ2n) is 8.03. The third-order valence-corrected chi connectivity index (χ3v) is 5.88. The summed E-state index contributed by atoms with van der Waals surface area (Å²) in [4.78, 5) is 17.1. The van der Waals surface area contributed by atoms with Gasteiger partial charge >= 0.3 is 0 Å². The highest BCUT2D eigenvalue weighted by molar-refractivity contribution is 5.78. The van der Waals surface area contributed by atoms with Gasteiger partial charge in [-0.2, -0.15) is 0 Å². The summed E-state index contributed by atoms with van der Waals surface area (Å²) in [7, 11) is 0. The molecule has 0 unspecified atom stereocenters. The monoisotopic (exact) mass is 433 g/mol. The minimum atomic E-state index is 0.112. The second kappa shape index (κ2) is 12.1. The fraction of sp³-hybridized carbons (Fsp3) is 0.407. The number of carbonyl (C=O) groups is 1. The van der Waals surface area contributed by atoms with Gasteiger partial charge in [-0.05, 0) is 49.4 Å². The largest absolute Gasteiger partial charge is 0.491 e. The average Bonchev–Trinajstić information content (AvgIpc) is 3.16. The molecule has 0 fully saturated rings. The number of hydrogen-bond donors (Lipinski definition) is 1. The first-order valence-electron chi connectivity index (χ1n) is 11.7. The lowest BCUT2D eigenvalue weighted by atomic mass is 10.0. The van der Waals surface area contributed by atoms with Crippen LogP contribution in [0.3, 0.4) is 0 Å². The number of para-hydroxylation sites is 3. The van der Waals surface area contributed by atoms with Gasteiger partial charge in [-0.1, -0.05) is 50.3 Å². The van der Waals surface area contributed by atoms with Gasteiger partial charge in [-0.25, -0.2) is 4.98 Å². The maximum absolute atomic E-state index is 12.2. The summed E-state index contributed by atoms with van der Waals surface area (Å²) in [6, 6.07) is 16.3. The van der Waals surface area contributed by atoms with E-state index < -0.39 is 0 Å². The van der Waals surface area contributed by atoms with E-state index in [1.54, 1.807) is 0 Å². The zero-order valence-corrected chi connectivity index (χ0v) is 19.3. The Labute approximate surface area is 191 Å². The van der Waals surface area contributed by atoms with E-state index in [2.05, 4.69) is 42.4 Å². The van der Waals surface area contributed by atoms with Gasteiger partial charge in [0.15, 0.2) is 0 Å². The normalized spacial score (nSPS) is 11.1. The van der Waals surface area contributed by atoms with Crippen LogP contribution in [0.15, 0.2) is 61.2 Å². The summed E-state index contributed by atoms with van der Waals surface area (Å²) in [5.41, 5.74) is 3.26. The number of aromatic nitrogens is 2. The molecule has 0 aliphatic carbocycles. The Morgan fingerprint density at radius 3 is 2.69 bits per heavy atom. The lowest BCUT2D eigenvalue weighted by Gasteiger charge is -2.14. The average molecular weight is 434 g/mol. The number of fused-ring (bicyclic) bond motifs is 1. The molecule has 5 heteroatoms. The summed E-state index contributed by atoms with van der Waals surface area (Å²) in [5, 5.41) is 3.08. The van der Waals surface area contributed by atoms with Crippen LogP contribution in [0.5, 0.6) is 5.75 Å². The molecule has 0 saturated heterocycles. The van der Waals surface area contributed by atoms with Crippen molar-refractivity contribution >= 4 is 16.9 Å². The molecule has 3 rings (SSSR count). The van der Waals surface area contributed by atoms with E-state index in [0.29, 0.717) is 13.2 Å². The molecule has 2 aromatic carbocycles. The number of rotatable bonds is 13. The lowest BCUT2D eigenvalue weighted by molar-refractivity contribution is -0.125. The molecule has 1 amide bonds. The topological polar surface area (TPSA) is 56.1 Å². The third-order valence-electron chi connectivity index (χ3n) is 5.88.